The van der Waals surface area contributed by atoms with Crippen LogP contribution in [0.5, 0.6) is 11.5 Å². The van der Waals surface area contributed by atoms with E-state index in [0.717, 1.165) is 5.56 Å². The summed E-state index contributed by atoms with van der Waals surface area (Å²) in [5, 5.41) is 9.67. The highest BCUT2D eigenvalue weighted by molar-refractivity contribution is 5.85. The summed E-state index contributed by atoms with van der Waals surface area (Å²) in [4.78, 5) is 0. The second-order valence-corrected chi connectivity index (χ2v) is 3.62. The molecular weight excluding hydrogens is 242 g/mol. The highest BCUT2D eigenvalue weighted by Gasteiger charge is 2.16. The van der Waals surface area contributed by atoms with Crippen LogP contribution in [0.15, 0.2) is 18.2 Å². The van der Waals surface area contributed by atoms with Crippen LogP contribution in [0, 0.1) is 0 Å². The lowest BCUT2D eigenvalue weighted by Crippen LogP contribution is -2.25. The Morgan fingerprint density at radius 2 is 1.82 bits per heavy atom. The summed E-state index contributed by atoms with van der Waals surface area (Å²) in [6.45, 7) is 1.89. The average Bonchev–Trinajstić information content (AvgIpc) is 2.35. The van der Waals surface area contributed by atoms with E-state index in [1.54, 1.807) is 26.4 Å². The molecule has 1 rings (SSSR count). The monoisotopic (exact) mass is 261 g/mol. The highest BCUT2D eigenvalue weighted by atomic mass is 35.5. The first-order chi connectivity index (χ1) is 7.63. The van der Waals surface area contributed by atoms with Gasteiger partial charge in [-0.05, 0) is 24.1 Å². The van der Waals surface area contributed by atoms with Crippen molar-refractivity contribution in [1.29, 1.82) is 0 Å². The molecule has 0 radical (unpaired) electrons. The molecule has 0 saturated heterocycles. The Morgan fingerprint density at radius 1 is 1.24 bits per heavy atom. The van der Waals surface area contributed by atoms with Crippen LogP contribution in [0.4, 0.5) is 0 Å². The van der Waals surface area contributed by atoms with Crippen molar-refractivity contribution in [1.82, 2.24) is 0 Å². The van der Waals surface area contributed by atoms with Gasteiger partial charge < -0.3 is 20.3 Å². The van der Waals surface area contributed by atoms with E-state index in [4.69, 9.17) is 15.2 Å². The molecule has 98 valence electrons. The van der Waals surface area contributed by atoms with E-state index in [1.807, 2.05) is 13.0 Å². The number of hydrogen-bond acceptors (Lipinski definition) is 4. The Bertz CT molecular complexity index is 347. The van der Waals surface area contributed by atoms with Crippen LogP contribution in [0.25, 0.3) is 0 Å². The normalized spacial score (nSPS) is 13.5. The lowest BCUT2D eigenvalue weighted by molar-refractivity contribution is 0.140. The van der Waals surface area contributed by atoms with Crippen molar-refractivity contribution >= 4 is 12.4 Å². The van der Waals surface area contributed by atoms with Crippen LogP contribution in [-0.4, -0.2) is 25.4 Å². The average molecular weight is 262 g/mol. The number of aliphatic hydroxyl groups excluding tert-OH is 1. The smallest absolute Gasteiger partial charge is 0.161 e. The first-order valence-corrected chi connectivity index (χ1v) is 5.29. The van der Waals surface area contributed by atoms with Gasteiger partial charge in [-0.1, -0.05) is 13.0 Å². The highest BCUT2D eigenvalue weighted by Crippen LogP contribution is 2.30. The summed E-state index contributed by atoms with van der Waals surface area (Å²) >= 11 is 0. The maximum atomic E-state index is 9.67. The molecule has 0 aliphatic carbocycles. The Labute approximate surface area is 108 Å². The van der Waals surface area contributed by atoms with E-state index in [2.05, 4.69) is 0 Å². The van der Waals surface area contributed by atoms with Crippen LogP contribution >= 0.6 is 12.4 Å². The summed E-state index contributed by atoms with van der Waals surface area (Å²) in [6, 6.07) is 5.02. The summed E-state index contributed by atoms with van der Waals surface area (Å²) in [5.41, 5.74) is 6.76. The zero-order valence-electron chi connectivity index (χ0n) is 10.3. The topological polar surface area (TPSA) is 64.7 Å². The Morgan fingerprint density at radius 3 is 2.29 bits per heavy atom. The van der Waals surface area contributed by atoms with E-state index in [0.29, 0.717) is 17.9 Å². The van der Waals surface area contributed by atoms with Crippen LogP contribution in [0.3, 0.4) is 0 Å². The molecule has 0 aliphatic heterocycles. The van der Waals surface area contributed by atoms with Crippen molar-refractivity contribution in [2.24, 2.45) is 5.73 Å². The number of hydrogen-bond donors (Lipinski definition) is 2. The number of nitrogens with two attached hydrogens (primary N) is 1. The molecule has 5 heteroatoms. The minimum atomic E-state index is -0.543. The van der Waals surface area contributed by atoms with Gasteiger partial charge in [0.1, 0.15) is 0 Å². The van der Waals surface area contributed by atoms with Gasteiger partial charge in [0.2, 0.25) is 0 Å². The number of benzene rings is 1. The van der Waals surface area contributed by atoms with E-state index in [1.165, 1.54) is 0 Å². The van der Waals surface area contributed by atoms with Gasteiger partial charge in [0.25, 0.3) is 0 Å². The van der Waals surface area contributed by atoms with Crippen molar-refractivity contribution in [3.63, 3.8) is 0 Å². The molecule has 3 N–H and O–H groups in total. The molecule has 0 amide bonds. The molecule has 1 aromatic rings. The third kappa shape index (κ3) is 3.77. The molecule has 1 aromatic carbocycles. The van der Waals surface area contributed by atoms with Crippen LogP contribution in [0.1, 0.15) is 24.9 Å². The fourth-order valence-corrected chi connectivity index (χ4v) is 1.54. The van der Waals surface area contributed by atoms with E-state index in [-0.39, 0.29) is 12.4 Å². The van der Waals surface area contributed by atoms with Gasteiger partial charge in [0, 0.05) is 0 Å². The maximum Gasteiger partial charge on any atom is 0.161 e. The molecule has 0 unspecified atom stereocenters. The molecular formula is C12H20ClNO3. The Balaban J connectivity index is 0.00000256. The second-order valence-electron chi connectivity index (χ2n) is 3.62. The summed E-state index contributed by atoms with van der Waals surface area (Å²) < 4.78 is 10.3. The zero-order valence-corrected chi connectivity index (χ0v) is 11.2. The number of halogens is 1. The van der Waals surface area contributed by atoms with Crippen molar-refractivity contribution in [2.75, 3.05) is 14.2 Å². The Hall–Kier alpha value is -0.970. The van der Waals surface area contributed by atoms with E-state index in [9.17, 15) is 5.11 Å². The van der Waals surface area contributed by atoms with Crippen molar-refractivity contribution < 1.29 is 14.6 Å². The fraction of sp³-hybridized carbons (Fsp3) is 0.500. The molecule has 0 saturated carbocycles. The molecule has 0 aromatic heterocycles. The summed E-state index contributed by atoms with van der Waals surface area (Å²) in [5.74, 6) is 1.28. The number of rotatable bonds is 5. The number of ether oxygens (including phenoxy) is 2. The van der Waals surface area contributed by atoms with E-state index < -0.39 is 12.1 Å². The minimum absolute atomic E-state index is 0. The van der Waals surface area contributed by atoms with Crippen LogP contribution < -0.4 is 15.2 Å². The fourth-order valence-electron chi connectivity index (χ4n) is 1.54. The first kappa shape index (κ1) is 16.0. The van der Waals surface area contributed by atoms with Crippen molar-refractivity contribution in [3.8, 4) is 11.5 Å². The first-order valence-electron chi connectivity index (χ1n) is 5.29. The zero-order chi connectivity index (χ0) is 12.1. The molecule has 17 heavy (non-hydrogen) atoms. The van der Waals surface area contributed by atoms with Gasteiger partial charge in [-0.15, -0.1) is 12.4 Å². The lowest BCUT2D eigenvalue weighted by Gasteiger charge is -2.19. The van der Waals surface area contributed by atoms with Crippen molar-refractivity contribution in [2.45, 2.75) is 25.5 Å². The predicted molar refractivity (Wildman–Crippen MR) is 70.0 cm³/mol. The lowest BCUT2D eigenvalue weighted by atomic mass is 10.0. The van der Waals surface area contributed by atoms with E-state index >= 15 is 0 Å². The molecule has 4 nitrogen and oxygen atoms in total. The molecule has 0 fully saturated rings. The quantitative estimate of drug-likeness (QED) is 0.850. The van der Waals surface area contributed by atoms with Gasteiger partial charge >= 0.3 is 0 Å². The molecule has 0 aliphatic rings. The summed E-state index contributed by atoms with van der Waals surface area (Å²) in [6.07, 6.45) is 0.0771. The van der Waals surface area contributed by atoms with Gasteiger partial charge in [0.15, 0.2) is 11.5 Å². The van der Waals surface area contributed by atoms with Crippen LogP contribution in [-0.2, 0) is 0 Å². The number of methoxy groups -OCH3 is 2. The van der Waals surface area contributed by atoms with Gasteiger partial charge in [-0.25, -0.2) is 0 Å². The van der Waals surface area contributed by atoms with Crippen LogP contribution in [0.2, 0.25) is 0 Å². The SMILES string of the molecule is CC[C@H](O)[C@H](N)c1ccc(OC)c(OC)c1.Cl. The Kier molecular flexibility index (Phi) is 6.95. The largest absolute Gasteiger partial charge is 0.493 e. The van der Waals surface area contributed by atoms with Gasteiger partial charge in [-0.3, -0.25) is 0 Å². The van der Waals surface area contributed by atoms with Gasteiger partial charge in [0.05, 0.1) is 26.4 Å². The molecule has 2 atom stereocenters. The standard InChI is InChI=1S/C12H19NO3.ClH/c1-4-9(14)12(13)8-5-6-10(15-2)11(7-8)16-3;/h5-7,9,12,14H,4,13H2,1-3H3;1H/t9-,12+;/m0./s1. The van der Waals surface area contributed by atoms with Crippen molar-refractivity contribution in [3.05, 3.63) is 23.8 Å². The molecule has 0 heterocycles. The second kappa shape index (κ2) is 7.37. The maximum absolute atomic E-state index is 9.67. The third-order valence-electron chi connectivity index (χ3n) is 2.63. The number of aliphatic hydroxyl groups is 1. The third-order valence-corrected chi connectivity index (χ3v) is 2.63. The predicted octanol–water partition coefficient (Wildman–Crippen LogP) is 1.90. The van der Waals surface area contributed by atoms with Gasteiger partial charge in [-0.2, -0.15) is 0 Å². The summed E-state index contributed by atoms with van der Waals surface area (Å²) in [7, 11) is 3.15. The molecule has 0 bridgehead atoms. The minimum Gasteiger partial charge on any atom is -0.493 e. The molecule has 0 spiro atoms.